The molecule has 1 N–H and O–H groups in total. The molecule has 1 rings (SSSR count). The molecule has 0 aliphatic rings. The van der Waals surface area contributed by atoms with Crippen molar-refractivity contribution >= 4 is 18.0 Å². The monoisotopic (exact) mass is 344 g/mol. The maximum absolute atomic E-state index is 12.1. The number of hydrogen-bond donors (Lipinski definition) is 1. The highest BCUT2D eigenvalue weighted by Crippen LogP contribution is 2.17. The predicted molar refractivity (Wildman–Crippen MR) is 97.0 cm³/mol. The Morgan fingerprint density at radius 3 is 2.48 bits per heavy atom. The van der Waals surface area contributed by atoms with E-state index in [9.17, 15) is 9.59 Å². The van der Waals surface area contributed by atoms with E-state index in [1.807, 2.05) is 36.4 Å². The van der Waals surface area contributed by atoms with Crippen molar-refractivity contribution in [2.45, 2.75) is 12.8 Å². The van der Waals surface area contributed by atoms with Gasteiger partial charge in [0.25, 0.3) is 0 Å². The molecule has 0 bridgehead atoms. The van der Waals surface area contributed by atoms with E-state index in [2.05, 4.69) is 6.58 Å². The van der Waals surface area contributed by atoms with Crippen molar-refractivity contribution in [3.8, 4) is 0 Å². The number of ether oxygens (including phenoxy) is 2. The fourth-order valence-electron chi connectivity index (χ4n) is 2.00. The van der Waals surface area contributed by atoms with Crippen molar-refractivity contribution < 1.29 is 24.2 Å². The van der Waals surface area contributed by atoms with Crippen LogP contribution in [0.1, 0.15) is 18.4 Å². The van der Waals surface area contributed by atoms with Gasteiger partial charge in [0.1, 0.15) is 0 Å². The first-order valence-electron chi connectivity index (χ1n) is 8.04. The Morgan fingerprint density at radius 1 is 1.16 bits per heavy atom. The third-order valence-electron chi connectivity index (χ3n) is 3.38. The van der Waals surface area contributed by atoms with E-state index in [1.165, 1.54) is 6.08 Å². The summed E-state index contributed by atoms with van der Waals surface area (Å²) < 4.78 is 10.1. The minimum Gasteiger partial charge on any atom is -0.478 e. The van der Waals surface area contributed by atoms with Crippen LogP contribution in [-0.4, -0.2) is 37.4 Å². The number of hydrogen-bond acceptors (Lipinski definition) is 4. The number of carboxylic acids is 1. The Morgan fingerprint density at radius 2 is 1.84 bits per heavy atom. The Hall–Kier alpha value is -2.66. The van der Waals surface area contributed by atoms with E-state index in [0.717, 1.165) is 18.1 Å². The molecule has 0 aliphatic carbocycles. The topological polar surface area (TPSA) is 72.8 Å². The summed E-state index contributed by atoms with van der Waals surface area (Å²) in [4.78, 5) is 22.9. The number of benzene rings is 1. The van der Waals surface area contributed by atoms with Crippen LogP contribution in [0.2, 0.25) is 0 Å². The average molecular weight is 344 g/mol. The van der Waals surface area contributed by atoms with Crippen molar-refractivity contribution in [1.82, 2.24) is 0 Å². The van der Waals surface area contributed by atoms with E-state index in [0.29, 0.717) is 13.0 Å². The number of unbranched alkanes of at least 4 members (excludes halogenated alkanes) is 1. The standard InChI is InChI=1S/C20H24O5/c1-16(20(23)25-15-7-6-14-24-2)18(12-13-19(21)22)11-10-17-8-4-3-5-9-17/h3-5,8-13,18H,1,6-7,14-15H2,2H3,(H,21,22). The van der Waals surface area contributed by atoms with Gasteiger partial charge in [-0.25, -0.2) is 9.59 Å². The molecule has 0 saturated carbocycles. The number of carboxylic acid groups (broad SMARTS) is 1. The molecule has 0 spiro atoms. The minimum absolute atomic E-state index is 0.191. The lowest BCUT2D eigenvalue weighted by molar-refractivity contribution is -0.139. The second-order valence-electron chi connectivity index (χ2n) is 5.35. The molecule has 5 heteroatoms. The highest BCUT2D eigenvalue weighted by atomic mass is 16.5. The Bertz CT molecular complexity index is 616. The van der Waals surface area contributed by atoms with Gasteiger partial charge >= 0.3 is 11.9 Å². The molecule has 1 atom stereocenters. The molecule has 1 unspecified atom stereocenters. The summed E-state index contributed by atoms with van der Waals surface area (Å²) in [6.45, 7) is 4.66. The molecule has 5 nitrogen and oxygen atoms in total. The fraction of sp³-hybridized carbons (Fsp3) is 0.300. The number of methoxy groups -OCH3 is 1. The molecule has 1 aromatic rings. The number of allylic oxidation sites excluding steroid dienone is 2. The molecule has 0 aliphatic heterocycles. The Balaban J connectivity index is 2.70. The van der Waals surface area contributed by atoms with E-state index in [-0.39, 0.29) is 12.2 Å². The average Bonchev–Trinajstić information content (AvgIpc) is 2.61. The molecule has 0 saturated heterocycles. The van der Waals surface area contributed by atoms with Crippen LogP contribution in [0, 0.1) is 5.92 Å². The van der Waals surface area contributed by atoms with Gasteiger partial charge < -0.3 is 14.6 Å². The van der Waals surface area contributed by atoms with E-state index < -0.39 is 17.9 Å². The van der Waals surface area contributed by atoms with Gasteiger partial charge in [0.15, 0.2) is 0 Å². The zero-order chi connectivity index (χ0) is 18.5. The van der Waals surface area contributed by atoms with Crippen molar-refractivity contribution in [2.75, 3.05) is 20.3 Å². The van der Waals surface area contributed by atoms with E-state index >= 15 is 0 Å². The van der Waals surface area contributed by atoms with E-state index in [1.54, 1.807) is 13.2 Å². The molecule has 0 heterocycles. The van der Waals surface area contributed by atoms with Crippen LogP contribution in [0.5, 0.6) is 0 Å². The third kappa shape index (κ3) is 8.67. The highest BCUT2D eigenvalue weighted by Gasteiger charge is 2.16. The summed E-state index contributed by atoms with van der Waals surface area (Å²) in [6, 6.07) is 9.51. The molecule has 0 aromatic heterocycles. The normalized spacial score (nSPS) is 12.4. The molecular formula is C20H24O5. The van der Waals surface area contributed by atoms with Gasteiger partial charge in [-0.05, 0) is 18.4 Å². The largest absolute Gasteiger partial charge is 0.478 e. The minimum atomic E-state index is -1.08. The summed E-state index contributed by atoms with van der Waals surface area (Å²) >= 11 is 0. The quantitative estimate of drug-likeness (QED) is 0.378. The van der Waals surface area contributed by atoms with Crippen LogP contribution in [-0.2, 0) is 19.1 Å². The summed E-state index contributed by atoms with van der Waals surface area (Å²) in [5.74, 6) is -2.17. The molecule has 0 radical (unpaired) electrons. The summed E-state index contributed by atoms with van der Waals surface area (Å²) in [5.41, 5.74) is 1.13. The third-order valence-corrected chi connectivity index (χ3v) is 3.38. The lowest BCUT2D eigenvalue weighted by Gasteiger charge is -2.12. The van der Waals surface area contributed by atoms with Gasteiger partial charge in [0.05, 0.1) is 6.61 Å². The number of aliphatic carboxylic acids is 1. The lowest BCUT2D eigenvalue weighted by Crippen LogP contribution is -2.14. The Labute approximate surface area is 148 Å². The van der Waals surface area contributed by atoms with Gasteiger partial charge in [-0.2, -0.15) is 0 Å². The summed E-state index contributed by atoms with van der Waals surface area (Å²) in [7, 11) is 1.62. The maximum Gasteiger partial charge on any atom is 0.334 e. The first-order chi connectivity index (χ1) is 12.0. The van der Waals surface area contributed by atoms with Crippen LogP contribution in [0.15, 0.2) is 60.7 Å². The van der Waals surface area contributed by atoms with Crippen molar-refractivity contribution in [3.63, 3.8) is 0 Å². The molecule has 25 heavy (non-hydrogen) atoms. The number of carbonyl (C=O) groups excluding carboxylic acids is 1. The van der Waals surface area contributed by atoms with Crippen LogP contribution in [0.4, 0.5) is 0 Å². The smallest absolute Gasteiger partial charge is 0.334 e. The number of rotatable bonds is 11. The fourth-order valence-corrected chi connectivity index (χ4v) is 2.00. The van der Waals surface area contributed by atoms with Crippen LogP contribution in [0.3, 0.4) is 0 Å². The van der Waals surface area contributed by atoms with E-state index in [4.69, 9.17) is 14.6 Å². The molecule has 0 amide bonds. The second-order valence-corrected chi connectivity index (χ2v) is 5.35. The van der Waals surface area contributed by atoms with Crippen molar-refractivity contribution in [3.05, 3.63) is 66.3 Å². The second kappa shape index (κ2) is 11.8. The highest BCUT2D eigenvalue weighted by molar-refractivity contribution is 5.90. The van der Waals surface area contributed by atoms with Crippen molar-refractivity contribution in [2.24, 2.45) is 5.92 Å². The van der Waals surface area contributed by atoms with Crippen LogP contribution >= 0.6 is 0 Å². The SMILES string of the molecule is C=C(C(=O)OCCCCOC)C(C=CC(=O)O)C=Cc1ccccc1. The lowest BCUT2D eigenvalue weighted by atomic mass is 9.98. The first-order valence-corrected chi connectivity index (χ1v) is 8.04. The van der Waals surface area contributed by atoms with Crippen LogP contribution in [0.25, 0.3) is 6.08 Å². The van der Waals surface area contributed by atoms with Crippen molar-refractivity contribution in [1.29, 1.82) is 0 Å². The number of carbonyl (C=O) groups is 2. The molecule has 1 aromatic carbocycles. The maximum atomic E-state index is 12.1. The van der Waals surface area contributed by atoms with Gasteiger partial charge in [-0.3, -0.25) is 0 Å². The summed E-state index contributed by atoms with van der Waals surface area (Å²) in [5, 5.41) is 8.82. The molecular weight excluding hydrogens is 320 g/mol. The molecule has 0 fully saturated rings. The predicted octanol–water partition coefficient (Wildman–Crippen LogP) is 3.48. The van der Waals surface area contributed by atoms with Gasteiger partial charge in [-0.15, -0.1) is 0 Å². The summed E-state index contributed by atoms with van der Waals surface area (Å²) in [6.07, 6.45) is 7.44. The van der Waals surface area contributed by atoms with Crippen LogP contribution < -0.4 is 0 Å². The first kappa shape index (κ1) is 20.4. The van der Waals surface area contributed by atoms with Gasteiger partial charge in [0.2, 0.25) is 0 Å². The zero-order valence-electron chi connectivity index (χ0n) is 14.4. The number of esters is 1. The van der Waals surface area contributed by atoms with Gasteiger partial charge in [-0.1, -0.05) is 55.1 Å². The zero-order valence-corrected chi connectivity index (χ0v) is 14.4. The Kier molecular flexibility index (Phi) is 9.63. The van der Waals surface area contributed by atoms with Gasteiger partial charge in [0, 0.05) is 31.3 Å². The molecule has 134 valence electrons.